The van der Waals surface area contributed by atoms with E-state index in [4.69, 9.17) is 4.42 Å². The second-order valence-electron chi connectivity index (χ2n) is 9.13. The third-order valence-corrected chi connectivity index (χ3v) is 7.09. The molecular weight excluding hydrogens is 424 g/mol. The lowest BCUT2D eigenvalue weighted by Gasteiger charge is -2.31. The van der Waals surface area contributed by atoms with Crippen molar-refractivity contribution in [1.82, 2.24) is 19.8 Å². The van der Waals surface area contributed by atoms with Crippen LogP contribution in [-0.2, 0) is 13.0 Å². The first kappa shape index (κ1) is 22.7. The first-order chi connectivity index (χ1) is 15.4. The fraction of sp³-hybridized carbons (Fsp3) is 0.542. The van der Waals surface area contributed by atoms with E-state index in [0.717, 1.165) is 38.9 Å². The van der Waals surface area contributed by atoms with E-state index in [0.29, 0.717) is 36.2 Å². The summed E-state index contributed by atoms with van der Waals surface area (Å²) in [5, 5.41) is 5.47. The predicted octanol–water partition coefficient (Wildman–Crippen LogP) is 3.70. The molecule has 0 saturated carbocycles. The summed E-state index contributed by atoms with van der Waals surface area (Å²) in [6, 6.07) is 4.30. The second kappa shape index (κ2) is 10.0. The molecular formula is C24H32N4O3S. The zero-order valence-corrected chi connectivity index (χ0v) is 19.9. The van der Waals surface area contributed by atoms with Crippen LogP contribution in [0.3, 0.4) is 0 Å². The Balaban J connectivity index is 1.35. The highest BCUT2D eigenvalue weighted by atomic mass is 32.1. The number of hydrogen-bond donors (Lipinski definition) is 1. The lowest BCUT2D eigenvalue weighted by Crippen LogP contribution is -2.39. The molecule has 1 aliphatic rings. The SMILES string of the molecule is Cc1oc2ncn(CC(C)C)c(=O)c2c1C(=O)NCC1CCN(CCc2cccs2)CC1. The van der Waals surface area contributed by atoms with Gasteiger partial charge in [-0.25, -0.2) is 4.98 Å². The van der Waals surface area contributed by atoms with Crippen molar-refractivity contribution in [2.24, 2.45) is 11.8 Å². The summed E-state index contributed by atoms with van der Waals surface area (Å²) in [5.41, 5.74) is 0.338. The van der Waals surface area contributed by atoms with E-state index in [1.807, 2.05) is 25.2 Å². The topological polar surface area (TPSA) is 80.4 Å². The molecule has 8 heteroatoms. The van der Waals surface area contributed by atoms with Crippen LogP contribution in [0.4, 0.5) is 0 Å². The van der Waals surface area contributed by atoms with Crippen molar-refractivity contribution < 1.29 is 9.21 Å². The highest BCUT2D eigenvalue weighted by molar-refractivity contribution is 7.09. The third-order valence-electron chi connectivity index (χ3n) is 6.16. The third kappa shape index (κ3) is 5.13. The van der Waals surface area contributed by atoms with Gasteiger partial charge in [-0.15, -0.1) is 11.3 Å². The molecule has 4 heterocycles. The molecule has 1 fully saturated rings. The van der Waals surface area contributed by atoms with Gasteiger partial charge in [-0.1, -0.05) is 19.9 Å². The smallest absolute Gasteiger partial charge is 0.265 e. The van der Waals surface area contributed by atoms with E-state index in [1.54, 1.807) is 11.5 Å². The van der Waals surface area contributed by atoms with Crippen LogP contribution in [0.5, 0.6) is 0 Å². The number of furan rings is 1. The molecule has 1 amide bonds. The van der Waals surface area contributed by atoms with E-state index < -0.39 is 0 Å². The van der Waals surface area contributed by atoms with Crippen molar-refractivity contribution in [2.45, 2.75) is 46.6 Å². The fourth-order valence-corrected chi connectivity index (χ4v) is 5.10. The summed E-state index contributed by atoms with van der Waals surface area (Å²) in [6.07, 6.45) is 4.74. The van der Waals surface area contributed by atoms with Crippen molar-refractivity contribution in [3.8, 4) is 0 Å². The maximum Gasteiger partial charge on any atom is 0.265 e. The predicted molar refractivity (Wildman–Crippen MR) is 127 cm³/mol. The number of likely N-dealkylation sites (tertiary alicyclic amines) is 1. The molecule has 3 aromatic rings. The van der Waals surface area contributed by atoms with Crippen LogP contribution >= 0.6 is 11.3 Å². The average molecular weight is 457 g/mol. The molecule has 0 unspecified atom stereocenters. The molecule has 0 radical (unpaired) electrons. The lowest BCUT2D eigenvalue weighted by atomic mass is 9.96. The summed E-state index contributed by atoms with van der Waals surface area (Å²) >= 11 is 1.82. The molecule has 0 aromatic carbocycles. The molecule has 1 N–H and O–H groups in total. The molecule has 0 bridgehead atoms. The normalized spacial score (nSPS) is 15.6. The number of hydrogen-bond acceptors (Lipinski definition) is 6. The number of aromatic nitrogens is 2. The van der Waals surface area contributed by atoms with Gasteiger partial charge in [0.05, 0.1) is 5.56 Å². The maximum atomic E-state index is 13.0. The Hall–Kier alpha value is -2.45. The van der Waals surface area contributed by atoms with Crippen LogP contribution in [0, 0.1) is 18.8 Å². The van der Waals surface area contributed by atoms with Crippen LogP contribution in [0.25, 0.3) is 11.1 Å². The number of fused-ring (bicyclic) bond motifs is 1. The van der Waals surface area contributed by atoms with Gasteiger partial charge in [0, 0.05) is 24.5 Å². The van der Waals surface area contributed by atoms with Crippen molar-refractivity contribution in [1.29, 1.82) is 0 Å². The van der Waals surface area contributed by atoms with E-state index in [2.05, 4.69) is 32.7 Å². The number of carbonyl (C=O) groups is 1. The second-order valence-corrected chi connectivity index (χ2v) is 10.2. The van der Waals surface area contributed by atoms with Gasteiger partial charge in [0.25, 0.3) is 11.5 Å². The van der Waals surface area contributed by atoms with Gasteiger partial charge in [0.1, 0.15) is 17.5 Å². The Labute approximate surface area is 192 Å². The summed E-state index contributed by atoms with van der Waals surface area (Å²) in [5.74, 6) is 0.940. The molecule has 0 spiro atoms. The van der Waals surface area contributed by atoms with E-state index in [1.165, 1.54) is 11.2 Å². The van der Waals surface area contributed by atoms with E-state index in [9.17, 15) is 9.59 Å². The van der Waals surface area contributed by atoms with Gasteiger partial charge in [0.15, 0.2) is 0 Å². The molecule has 7 nitrogen and oxygen atoms in total. The minimum Gasteiger partial charge on any atom is -0.442 e. The Morgan fingerprint density at radius 3 is 2.81 bits per heavy atom. The number of nitrogens with zero attached hydrogens (tertiary/aromatic N) is 3. The standard InChI is InChI=1S/C24H32N4O3S/c1-16(2)14-28-15-26-23-21(24(28)30)20(17(3)31-23)22(29)25-13-18-6-9-27(10-7-18)11-8-19-5-4-12-32-19/h4-5,12,15-16,18H,6-11,13-14H2,1-3H3,(H,25,29). The van der Waals surface area contributed by atoms with Crippen LogP contribution in [0.1, 0.15) is 47.7 Å². The summed E-state index contributed by atoms with van der Waals surface area (Å²) in [4.78, 5) is 34.2. The highest BCUT2D eigenvalue weighted by Gasteiger charge is 2.25. The van der Waals surface area contributed by atoms with Crippen LogP contribution in [0.15, 0.2) is 33.1 Å². The summed E-state index contributed by atoms with van der Waals surface area (Å²) in [7, 11) is 0. The molecule has 172 valence electrons. The molecule has 4 rings (SSSR count). The molecule has 1 aliphatic heterocycles. The molecule has 0 aliphatic carbocycles. The number of rotatable bonds is 8. The van der Waals surface area contributed by atoms with Crippen molar-refractivity contribution in [3.05, 3.63) is 50.4 Å². The Morgan fingerprint density at radius 2 is 2.12 bits per heavy atom. The number of piperidine rings is 1. The average Bonchev–Trinajstić information content (AvgIpc) is 3.40. The zero-order chi connectivity index (χ0) is 22.7. The van der Waals surface area contributed by atoms with Gasteiger partial charge >= 0.3 is 0 Å². The summed E-state index contributed by atoms with van der Waals surface area (Å²) in [6.45, 7) is 10.2. The fourth-order valence-electron chi connectivity index (χ4n) is 4.40. The molecule has 32 heavy (non-hydrogen) atoms. The Bertz CT molecular complexity index is 1110. The van der Waals surface area contributed by atoms with E-state index in [-0.39, 0.29) is 22.6 Å². The molecule has 3 aromatic heterocycles. The highest BCUT2D eigenvalue weighted by Crippen LogP contribution is 2.22. The Morgan fingerprint density at radius 1 is 1.34 bits per heavy atom. The summed E-state index contributed by atoms with van der Waals surface area (Å²) < 4.78 is 7.19. The minimum atomic E-state index is -0.248. The molecule has 0 atom stereocenters. The quantitative estimate of drug-likeness (QED) is 0.559. The van der Waals surface area contributed by atoms with Crippen LogP contribution in [0.2, 0.25) is 0 Å². The van der Waals surface area contributed by atoms with Crippen molar-refractivity contribution in [3.63, 3.8) is 0 Å². The largest absolute Gasteiger partial charge is 0.442 e. The van der Waals surface area contributed by atoms with Gasteiger partial charge in [-0.3, -0.25) is 14.2 Å². The van der Waals surface area contributed by atoms with E-state index >= 15 is 0 Å². The maximum absolute atomic E-state index is 13.0. The lowest BCUT2D eigenvalue weighted by molar-refractivity contribution is 0.0936. The van der Waals surface area contributed by atoms with Gasteiger partial charge in [0.2, 0.25) is 5.71 Å². The first-order valence-corrected chi connectivity index (χ1v) is 12.3. The zero-order valence-electron chi connectivity index (χ0n) is 19.1. The van der Waals surface area contributed by atoms with Crippen LogP contribution in [-0.4, -0.2) is 46.5 Å². The van der Waals surface area contributed by atoms with Crippen molar-refractivity contribution in [2.75, 3.05) is 26.2 Å². The minimum absolute atomic E-state index is 0.218. The number of nitrogens with one attached hydrogen (secondary N) is 1. The van der Waals surface area contributed by atoms with Gasteiger partial charge in [-0.05, 0) is 62.6 Å². The first-order valence-electron chi connectivity index (χ1n) is 11.4. The van der Waals surface area contributed by atoms with Crippen molar-refractivity contribution >= 4 is 28.3 Å². The monoisotopic (exact) mass is 456 g/mol. The number of thiophene rings is 1. The number of aryl methyl sites for hydroxylation is 1. The van der Waals surface area contributed by atoms with Crippen LogP contribution < -0.4 is 10.9 Å². The number of amides is 1. The van der Waals surface area contributed by atoms with Gasteiger partial charge < -0.3 is 14.6 Å². The van der Waals surface area contributed by atoms with Gasteiger partial charge in [-0.2, -0.15) is 0 Å². The molecule has 1 saturated heterocycles. The number of carbonyl (C=O) groups excluding carboxylic acids is 1. The Kier molecular flexibility index (Phi) is 7.10.